The number of carbonyl (C=O) groups is 2. The maximum absolute atomic E-state index is 12.7. The maximum atomic E-state index is 12.7. The molecule has 2 aromatic rings. The molecule has 0 aliphatic rings. The fraction of sp³-hybridized carbons (Fsp3) is 0.318. The number of anilines is 1. The van der Waals surface area contributed by atoms with Gasteiger partial charge in [-0.2, -0.15) is 13.2 Å². The van der Waals surface area contributed by atoms with E-state index >= 15 is 0 Å². The molecule has 0 spiro atoms. The van der Waals surface area contributed by atoms with Crippen molar-refractivity contribution in [2.24, 2.45) is 11.5 Å². The highest BCUT2D eigenvalue weighted by Gasteiger charge is 2.41. The first-order chi connectivity index (χ1) is 15.8. The molecule has 0 radical (unpaired) electrons. The topological polar surface area (TPSA) is 150 Å². The molecule has 6 N–H and O–H groups in total. The van der Waals surface area contributed by atoms with E-state index in [0.29, 0.717) is 23.7 Å². The molecule has 0 bridgehead atoms. The molecule has 1 atom stereocenters. The summed E-state index contributed by atoms with van der Waals surface area (Å²) < 4.78 is 53.6. The van der Waals surface area contributed by atoms with Crippen LogP contribution in [0.5, 0.6) is 17.2 Å². The van der Waals surface area contributed by atoms with Crippen molar-refractivity contribution in [2.45, 2.75) is 39.1 Å². The second kappa shape index (κ2) is 10.8. The average molecular weight is 482 g/mol. The average Bonchev–Trinajstić information content (AvgIpc) is 2.72. The SMILES string of the molecule is CCOc1cc(C(Nc2ccc(C(=N)N)c(OC(=O)C(F)(F)F)c2)C(N)=O)ccc1OC(C)C. The minimum absolute atomic E-state index is 0.0826. The number of hydrogen-bond donors (Lipinski definition) is 4. The van der Waals surface area contributed by atoms with Gasteiger partial charge in [0.1, 0.15) is 17.6 Å². The second-order valence-corrected chi connectivity index (χ2v) is 7.30. The van der Waals surface area contributed by atoms with Crippen LogP contribution in [0.1, 0.15) is 37.9 Å². The first-order valence-electron chi connectivity index (χ1n) is 10.1. The van der Waals surface area contributed by atoms with E-state index < -0.39 is 35.7 Å². The zero-order valence-corrected chi connectivity index (χ0v) is 18.7. The van der Waals surface area contributed by atoms with Crippen molar-refractivity contribution >= 4 is 23.4 Å². The number of amides is 1. The summed E-state index contributed by atoms with van der Waals surface area (Å²) in [6.45, 7) is 5.78. The Kier molecular flexibility index (Phi) is 8.33. The molecule has 0 aromatic heterocycles. The molecule has 2 aromatic carbocycles. The van der Waals surface area contributed by atoms with Crippen LogP contribution in [0, 0.1) is 5.41 Å². The molecular weight excluding hydrogens is 457 g/mol. The zero-order valence-electron chi connectivity index (χ0n) is 18.7. The van der Waals surface area contributed by atoms with E-state index in [1.807, 2.05) is 13.8 Å². The van der Waals surface area contributed by atoms with Crippen LogP contribution in [0.15, 0.2) is 36.4 Å². The quantitative estimate of drug-likeness (QED) is 0.176. The van der Waals surface area contributed by atoms with Crippen molar-refractivity contribution < 1.29 is 37.0 Å². The Morgan fingerprint density at radius 2 is 1.74 bits per heavy atom. The summed E-state index contributed by atoms with van der Waals surface area (Å²) in [5.41, 5.74) is 11.2. The first-order valence-corrected chi connectivity index (χ1v) is 10.1. The Labute approximate surface area is 193 Å². The molecule has 0 fully saturated rings. The number of nitrogens with one attached hydrogen (secondary N) is 2. The lowest BCUT2D eigenvalue weighted by atomic mass is 10.0. The van der Waals surface area contributed by atoms with Crippen molar-refractivity contribution in [1.82, 2.24) is 0 Å². The van der Waals surface area contributed by atoms with Gasteiger partial charge >= 0.3 is 12.1 Å². The number of alkyl halides is 3. The molecule has 184 valence electrons. The predicted molar refractivity (Wildman–Crippen MR) is 118 cm³/mol. The van der Waals surface area contributed by atoms with Gasteiger partial charge < -0.3 is 31.0 Å². The standard InChI is InChI=1S/C22H25F3N4O5/c1-4-32-17-9-12(5-8-15(17)33-11(2)3)18(20(28)30)29-13-6-7-14(19(26)27)16(10-13)34-21(31)22(23,24)25/h5-11,18,29H,4H2,1-3H3,(H3,26,27)(H2,28,30). The van der Waals surface area contributed by atoms with Crippen molar-refractivity contribution in [2.75, 3.05) is 11.9 Å². The third-order valence-electron chi connectivity index (χ3n) is 4.27. The predicted octanol–water partition coefficient (Wildman–Crippen LogP) is 3.26. The van der Waals surface area contributed by atoms with E-state index in [0.717, 1.165) is 6.07 Å². The molecule has 0 heterocycles. The Balaban J connectivity index is 2.43. The van der Waals surface area contributed by atoms with Gasteiger partial charge in [-0.1, -0.05) is 6.07 Å². The van der Waals surface area contributed by atoms with Gasteiger partial charge in [-0.3, -0.25) is 10.2 Å². The summed E-state index contributed by atoms with van der Waals surface area (Å²) in [5, 5.41) is 10.3. The van der Waals surface area contributed by atoms with Gasteiger partial charge in [0.15, 0.2) is 11.5 Å². The number of halogens is 3. The molecule has 1 unspecified atom stereocenters. The molecule has 9 nitrogen and oxygen atoms in total. The molecule has 1 amide bonds. The van der Waals surface area contributed by atoms with Crippen molar-refractivity contribution in [3.63, 3.8) is 0 Å². The van der Waals surface area contributed by atoms with Crippen LogP contribution in [0.25, 0.3) is 0 Å². The van der Waals surface area contributed by atoms with E-state index in [9.17, 15) is 22.8 Å². The minimum atomic E-state index is -5.26. The van der Waals surface area contributed by atoms with Crippen molar-refractivity contribution in [3.8, 4) is 17.2 Å². The molecular formula is C22H25F3N4O5. The third kappa shape index (κ3) is 6.77. The van der Waals surface area contributed by atoms with Gasteiger partial charge in [0.2, 0.25) is 5.91 Å². The summed E-state index contributed by atoms with van der Waals surface area (Å²) in [6, 6.07) is 7.13. The Morgan fingerprint density at radius 3 is 2.26 bits per heavy atom. The minimum Gasteiger partial charge on any atom is -0.490 e. The highest BCUT2D eigenvalue weighted by Crippen LogP contribution is 2.34. The van der Waals surface area contributed by atoms with Gasteiger partial charge in [0.25, 0.3) is 0 Å². The highest BCUT2D eigenvalue weighted by atomic mass is 19.4. The van der Waals surface area contributed by atoms with Crippen LogP contribution in [0.2, 0.25) is 0 Å². The van der Waals surface area contributed by atoms with E-state index in [1.165, 1.54) is 12.1 Å². The Bertz CT molecular complexity index is 1070. The van der Waals surface area contributed by atoms with Crippen LogP contribution in [0.4, 0.5) is 18.9 Å². The van der Waals surface area contributed by atoms with E-state index in [-0.39, 0.29) is 17.4 Å². The molecule has 34 heavy (non-hydrogen) atoms. The van der Waals surface area contributed by atoms with Crippen LogP contribution in [-0.2, 0) is 9.59 Å². The Morgan fingerprint density at radius 1 is 1.06 bits per heavy atom. The number of amidine groups is 1. The molecule has 0 aliphatic carbocycles. The highest BCUT2D eigenvalue weighted by molar-refractivity contribution is 5.99. The Hall–Kier alpha value is -3.96. The number of benzene rings is 2. The molecule has 12 heteroatoms. The molecule has 2 rings (SSSR count). The normalized spacial score (nSPS) is 12.1. The summed E-state index contributed by atoms with van der Waals surface area (Å²) in [7, 11) is 0. The van der Waals surface area contributed by atoms with E-state index in [2.05, 4.69) is 10.1 Å². The third-order valence-corrected chi connectivity index (χ3v) is 4.27. The van der Waals surface area contributed by atoms with Crippen LogP contribution in [-0.4, -0.2) is 36.6 Å². The number of rotatable bonds is 10. The summed E-state index contributed by atoms with van der Waals surface area (Å²) in [5.74, 6) is -3.70. The maximum Gasteiger partial charge on any atom is 0.491 e. The van der Waals surface area contributed by atoms with Gasteiger partial charge in [-0.25, -0.2) is 4.79 Å². The fourth-order valence-corrected chi connectivity index (χ4v) is 2.89. The number of carbonyl (C=O) groups excluding carboxylic acids is 2. The van der Waals surface area contributed by atoms with Gasteiger partial charge in [-0.05, 0) is 50.6 Å². The summed E-state index contributed by atoms with van der Waals surface area (Å²) >= 11 is 0. The number of nitrogen functional groups attached to an aromatic ring is 1. The first kappa shape index (κ1) is 26.3. The van der Waals surface area contributed by atoms with E-state index in [4.69, 9.17) is 26.4 Å². The van der Waals surface area contributed by atoms with Gasteiger partial charge in [0, 0.05) is 11.8 Å². The number of nitrogens with two attached hydrogens (primary N) is 2. The molecule has 0 aliphatic heterocycles. The monoisotopic (exact) mass is 482 g/mol. The summed E-state index contributed by atoms with van der Waals surface area (Å²) in [4.78, 5) is 23.5. The van der Waals surface area contributed by atoms with Crippen LogP contribution < -0.4 is 31.0 Å². The molecule has 0 saturated heterocycles. The van der Waals surface area contributed by atoms with Gasteiger partial charge in [0.05, 0.1) is 18.3 Å². The smallest absolute Gasteiger partial charge is 0.490 e. The van der Waals surface area contributed by atoms with E-state index in [1.54, 1.807) is 25.1 Å². The zero-order chi connectivity index (χ0) is 25.6. The fourth-order valence-electron chi connectivity index (χ4n) is 2.89. The van der Waals surface area contributed by atoms with Crippen LogP contribution in [0.3, 0.4) is 0 Å². The molecule has 0 saturated carbocycles. The lowest BCUT2D eigenvalue weighted by Crippen LogP contribution is -2.29. The van der Waals surface area contributed by atoms with Crippen molar-refractivity contribution in [3.05, 3.63) is 47.5 Å². The van der Waals surface area contributed by atoms with Gasteiger partial charge in [-0.15, -0.1) is 0 Å². The van der Waals surface area contributed by atoms with Crippen LogP contribution >= 0.6 is 0 Å². The second-order valence-electron chi connectivity index (χ2n) is 7.30. The number of esters is 1. The lowest BCUT2D eigenvalue weighted by Gasteiger charge is -2.21. The van der Waals surface area contributed by atoms with Crippen molar-refractivity contribution in [1.29, 1.82) is 5.41 Å². The number of hydrogen-bond acceptors (Lipinski definition) is 7. The summed E-state index contributed by atoms with van der Waals surface area (Å²) in [6.07, 6.45) is -5.39. The number of ether oxygens (including phenoxy) is 3. The number of primary amides is 1. The largest absolute Gasteiger partial charge is 0.491 e. The lowest BCUT2D eigenvalue weighted by molar-refractivity contribution is -0.189.